The van der Waals surface area contributed by atoms with Gasteiger partial charge in [-0.15, -0.1) is 0 Å². The predicted molar refractivity (Wildman–Crippen MR) is 78.4 cm³/mol. The predicted octanol–water partition coefficient (Wildman–Crippen LogP) is 3.60. The molecule has 19 heavy (non-hydrogen) atoms. The molecule has 0 saturated heterocycles. The van der Waals surface area contributed by atoms with Crippen molar-refractivity contribution in [1.29, 1.82) is 0 Å². The van der Waals surface area contributed by atoms with E-state index < -0.39 is 0 Å². The molecule has 1 saturated carbocycles. The average Bonchev–Trinajstić information content (AvgIpc) is 3.28. The van der Waals surface area contributed by atoms with Crippen molar-refractivity contribution >= 4 is 0 Å². The van der Waals surface area contributed by atoms with E-state index in [0.29, 0.717) is 0 Å². The third-order valence-corrected chi connectivity index (χ3v) is 4.60. The van der Waals surface area contributed by atoms with Gasteiger partial charge in [-0.3, -0.25) is 0 Å². The van der Waals surface area contributed by atoms with Crippen LogP contribution < -0.4 is 5.32 Å². The molecule has 0 amide bonds. The third-order valence-electron chi connectivity index (χ3n) is 4.60. The second-order valence-corrected chi connectivity index (χ2v) is 5.77. The van der Waals surface area contributed by atoms with Crippen LogP contribution in [-0.4, -0.2) is 6.54 Å². The quantitative estimate of drug-likeness (QED) is 0.857. The molecule has 2 aromatic rings. The molecule has 1 heteroatoms. The topological polar surface area (TPSA) is 12.0 Å². The zero-order valence-electron chi connectivity index (χ0n) is 11.1. The Balaban J connectivity index is 1.65. The first-order valence-electron chi connectivity index (χ1n) is 7.30. The first kappa shape index (κ1) is 11.2. The van der Waals surface area contributed by atoms with Crippen LogP contribution in [0.25, 0.3) is 0 Å². The lowest BCUT2D eigenvalue weighted by Gasteiger charge is -2.20. The van der Waals surface area contributed by atoms with Crippen molar-refractivity contribution in [2.45, 2.75) is 31.2 Å². The number of benzene rings is 2. The maximum atomic E-state index is 3.52. The fourth-order valence-electron chi connectivity index (χ4n) is 3.50. The highest BCUT2D eigenvalue weighted by Gasteiger charge is 2.40. The fraction of sp³-hybridized carbons (Fsp3) is 0.333. The van der Waals surface area contributed by atoms with Gasteiger partial charge >= 0.3 is 0 Å². The maximum Gasteiger partial charge on any atom is 0.0211 e. The van der Waals surface area contributed by atoms with Crippen LogP contribution in [0.3, 0.4) is 0 Å². The normalized spacial score (nSPS) is 24.8. The lowest BCUT2D eigenvalue weighted by molar-refractivity contribution is 0.637. The highest BCUT2D eigenvalue weighted by Crippen LogP contribution is 2.55. The van der Waals surface area contributed by atoms with Crippen molar-refractivity contribution in [1.82, 2.24) is 5.32 Å². The van der Waals surface area contributed by atoms with E-state index in [2.05, 4.69) is 53.8 Å². The number of hydrogen-bond donors (Lipinski definition) is 1. The molecule has 1 N–H and O–H groups in total. The van der Waals surface area contributed by atoms with Crippen molar-refractivity contribution in [2.24, 2.45) is 0 Å². The van der Waals surface area contributed by atoms with Crippen molar-refractivity contribution in [2.75, 3.05) is 6.54 Å². The summed E-state index contributed by atoms with van der Waals surface area (Å²) >= 11 is 0. The second-order valence-electron chi connectivity index (χ2n) is 5.77. The largest absolute Gasteiger partial charge is 0.312 e. The molecule has 4 rings (SSSR count). The van der Waals surface area contributed by atoms with E-state index in [1.165, 1.54) is 18.4 Å². The Bertz CT molecular complexity index is 588. The van der Waals surface area contributed by atoms with Gasteiger partial charge in [-0.05, 0) is 53.5 Å². The molecule has 1 nitrogen and oxygen atoms in total. The van der Waals surface area contributed by atoms with E-state index in [1.807, 2.05) is 0 Å². The van der Waals surface area contributed by atoms with Crippen molar-refractivity contribution in [3.8, 4) is 0 Å². The molecule has 1 heterocycles. The first-order chi connectivity index (χ1) is 9.43. The lowest BCUT2D eigenvalue weighted by atomic mass is 9.92. The van der Waals surface area contributed by atoms with E-state index in [1.54, 1.807) is 16.7 Å². The number of rotatable bonds is 2. The summed E-state index contributed by atoms with van der Waals surface area (Å²) in [5.74, 6) is 1.49. The number of fused-ring (bicyclic) bond motifs is 1. The van der Waals surface area contributed by atoms with Gasteiger partial charge < -0.3 is 5.32 Å². The zero-order chi connectivity index (χ0) is 12.7. The standard InChI is InChI=1S/C18H19N/c1-2-5-13(6-3-1)16-11-17(16)15-8-4-7-14-9-10-19-12-18(14)15/h1-8,16-17,19H,9-12H2. The summed E-state index contributed by atoms with van der Waals surface area (Å²) in [5, 5.41) is 3.52. The fourth-order valence-corrected chi connectivity index (χ4v) is 3.50. The van der Waals surface area contributed by atoms with Gasteiger partial charge in [0.15, 0.2) is 0 Å². The van der Waals surface area contributed by atoms with Crippen molar-refractivity contribution in [3.63, 3.8) is 0 Å². The Labute approximate surface area is 114 Å². The summed E-state index contributed by atoms with van der Waals surface area (Å²) in [6.45, 7) is 2.19. The summed E-state index contributed by atoms with van der Waals surface area (Å²) < 4.78 is 0. The summed E-state index contributed by atoms with van der Waals surface area (Å²) in [6.07, 6.45) is 2.51. The summed E-state index contributed by atoms with van der Waals surface area (Å²) in [5.41, 5.74) is 6.25. The minimum absolute atomic E-state index is 0.745. The highest BCUT2D eigenvalue weighted by atomic mass is 14.9. The smallest absolute Gasteiger partial charge is 0.0211 e. The number of hydrogen-bond acceptors (Lipinski definition) is 1. The summed E-state index contributed by atoms with van der Waals surface area (Å²) in [7, 11) is 0. The maximum absolute atomic E-state index is 3.52. The molecule has 2 unspecified atom stereocenters. The molecule has 0 bridgehead atoms. The molecule has 0 aromatic heterocycles. The van der Waals surface area contributed by atoms with Gasteiger partial charge in [0.2, 0.25) is 0 Å². The molecule has 1 aliphatic heterocycles. The Morgan fingerprint density at radius 3 is 2.68 bits per heavy atom. The van der Waals surface area contributed by atoms with Crippen LogP contribution in [-0.2, 0) is 13.0 Å². The lowest BCUT2D eigenvalue weighted by Crippen LogP contribution is -2.24. The minimum Gasteiger partial charge on any atom is -0.312 e. The molecular formula is C18H19N. The molecule has 2 atom stereocenters. The van der Waals surface area contributed by atoms with Gasteiger partial charge in [0.05, 0.1) is 0 Å². The number of nitrogens with one attached hydrogen (secondary N) is 1. The van der Waals surface area contributed by atoms with Crippen LogP contribution in [0.1, 0.15) is 40.5 Å². The monoisotopic (exact) mass is 249 g/mol. The van der Waals surface area contributed by atoms with Crippen molar-refractivity contribution in [3.05, 3.63) is 70.8 Å². The summed E-state index contributed by atoms with van der Waals surface area (Å²) in [4.78, 5) is 0. The van der Waals surface area contributed by atoms with E-state index in [4.69, 9.17) is 0 Å². The highest BCUT2D eigenvalue weighted by molar-refractivity contribution is 5.45. The minimum atomic E-state index is 0.745. The molecule has 0 radical (unpaired) electrons. The SMILES string of the molecule is c1ccc(C2CC2c2cccc3c2CNCC3)cc1. The van der Waals surface area contributed by atoms with Gasteiger partial charge in [-0.25, -0.2) is 0 Å². The van der Waals surface area contributed by atoms with Crippen LogP contribution in [0.15, 0.2) is 48.5 Å². The Morgan fingerprint density at radius 1 is 0.895 bits per heavy atom. The Kier molecular flexibility index (Phi) is 2.66. The van der Waals surface area contributed by atoms with Gasteiger partial charge in [-0.2, -0.15) is 0 Å². The van der Waals surface area contributed by atoms with E-state index in [9.17, 15) is 0 Å². The zero-order valence-corrected chi connectivity index (χ0v) is 11.1. The van der Waals surface area contributed by atoms with Gasteiger partial charge in [0, 0.05) is 6.54 Å². The molecular weight excluding hydrogens is 230 g/mol. The average molecular weight is 249 g/mol. The Hall–Kier alpha value is -1.60. The molecule has 1 aliphatic carbocycles. The van der Waals surface area contributed by atoms with Crippen LogP contribution in [0.5, 0.6) is 0 Å². The van der Waals surface area contributed by atoms with Crippen LogP contribution >= 0.6 is 0 Å². The van der Waals surface area contributed by atoms with Gasteiger partial charge in [-0.1, -0.05) is 48.5 Å². The molecule has 2 aliphatic rings. The first-order valence-corrected chi connectivity index (χ1v) is 7.30. The van der Waals surface area contributed by atoms with Crippen LogP contribution in [0.2, 0.25) is 0 Å². The van der Waals surface area contributed by atoms with Gasteiger partial charge in [0.25, 0.3) is 0 Å². The van der Waals surface area contributed by atoms with E-state index in [0.717, 1.165) is 24.9 Å². The summed E-state index contributed by atoms with van der Waals surface area (Å²) in [6, 6.07) is 17.9. The Morgan fingerprint density at radius 2 is 1.79 bits per heavy atom. The van der Waals surface area contributed by atoms with Crippen LogP contribution in [0, 0.1) is 0 Å². The third kappa shape index (κ3) is 1.98. The molecule has 2 aromatic carbocycles. The molecule has 96 valence electrons. The molecule has 0 spiro atoms. The van der Waals surface area contributed by atoms with Crippen molar-refractivity contribution < 1.29 is 0 Å². The second kappa shape index (κ2) is 4.50. The van der Waals surface area contributed by atoms with E-state index >= 15 is 0 Å². The molecule has 1 fully saturated rings. The van der Waals surface area contributed by atoms with Gasteiger partial charge in [0.1, 0.15) is 0 Å². The van der Waals surface area contributed by atoms with E-state index in [-0.39, 0.29) is 0 Å². The van der Waals surface area contributed by atoms with Crippen LogP contribution in [0.4, 0.5) is 0 Å².